The second-order valence-corrected chi connectivity index (χ2v) is 11.0. The molecule has 0 fully saturated rings. The van der Waals surface area contributed by atoms with Gasteiger partial charge in [-0.15, -0.1) is 0 Å². The third kappa shape index (κ3) is 3.01. The maximum absolute atomic E-state index is 3.79. The van der Waals surface area contributed by atoms with Crippen LogP contribution in [0.25, 0.3) is 0 Å². The van der Waals surface area contributed by atoms with Crippen LogP contribution in [0.2, 0.25) is 0 Å². The Hall–Kier alpha value is -3.27. The zero-order chi connectivity index (χ0) is 23.4. The molecule has 35 heavy (non-hydrogen) atoms. The Morgan fingerprint density at radius 3 is 1.57 bits per heavy atom. The highest BCUT2D eigenvalue weighted by molar-refractivity contribution is 9.10. The van der Waals surface area contributed by atoms with Crippen LogP contribution in [0.4, 0.5) is 11.4 Å². The fraction of sp³-hybridized carbons (Fsp3) is 0.0625. The molecular weight excluding hydrogens is 510 g/mol. The zero-order valence-corrected chi connectivity index (χ0v) is 21.4. The third-order valence-electron chi connectivity index (χ3n) is 7.29. The van der Waals surface area contributed by atoms with E-state index in [0.29, 0.717) is 0 Å². The number of benzene rings is 5. The van der Waals surface area contributed by atoms with Crippen molar-refractivity contribution in [3.8, 4) is 0 Å². The Balaban J connectivity index is 1.58. The number of fused-ring (bicyclic) bond motifs is 8. The largest absolute Gasteiger partial charge is 0.336 e. The highest BCUT2D eigenvalue weighted by Gasteiger charge is 2.49. The molecule has 5 aromatic rings. The van der Waals surface area contributed by atoms with Gasteiger partial charge in [-0.1, -0.05) is 119 Å². The van der Waals surface area contributed by atoms with E-state index in [4.69, 9.17) is 0 Å². The first-order chi connectivity index (χ1) is 17.3. The first-order valence-corrected chi connectivity index (χ1v) is 13.5. The van der Waals surface area contributed by atoms with Crippen molar-refractivity contribution in [2.24, 2.45) is 0 Å². The first-order valence-electron chi connectivity index (χ1n) is 11.9. The van der Waals surface area contributed by atoms with Crippen LogP contribution in [0, 0.1) is 0 Å². The van der Waals surface area contributed by atoms with Crippen molar-refractivity contribution in [3.63, 3.8) is 0 Å². The van der Waals surface area contributed by atoms with Gasteiger partial charge in [-0.2, -0.15) is 0 Å². The number of para-hydroxylation sites is 2. The van der Waals surface area contributed by atoms with E-state index in [-0.39, 0.29) is 5.41 Å². The van der Waals surface area contributed by atoms with E-state index in [0.717, 1.165) is 11.0 Å². The summed E-state index contributed by atoms with van der Waals surface area (Å²) in [5, 5.41) is 0. The van der Waals surface area contributed by atoms with Crippen LogP contribution >= 0.6 is 27.7 Å². The summed E-state index contributed by atoms with van der Waals surface area (Å²) in [4.78, 5) is 5.15. The Labute approximate surface area is 218 Å². The van der Waals surface area contributed by atoms with Crippen LogP contribution < -0.4 is 4.90 Å². The van der Waals surface area contributed by atoms with Crippen LogP contribution in [0.1, 0.15) is 27.8 Å². The molecule has 0 aliphatic carbocycles. The van der Waals surface area contributed by atoms with Crippen molar-refractivity contribution in [3.05, 3.63) is 154 Å². The van der Waals surface area contributed by atoms with Crippen molar-refractivity contribution < 1.29 is 0 Å². The van der Waals surface area contributed by atoms with E-state index >= 15 is 0 Å². The normalized spacial score (nSPS) is 14.6. The summed E-state index contributed by atoms with van der Waals surface area (Å²) < 4.78 is 1.14. The molecule has 2 aliphatic heterocycles. The molecule has 5 aromatic carbocycles. The Bertz CT molecular complexity index is 1500. The first kappa shape index (κ1) is 21.0. The average Bonchev–Trinajstić information content (AvgIpc) is 2.91. The predicted molar refractivity (Wildman–Crippen MR) is 149 cm³/mol. The van der Waals surface area contributed by atoms with Crippen molar-refractivity contribution in [2.75, 3.05) is 4.90 Å². The number of halogens is 1. The van der Waals surface area contributed by atoms with E-state index < -0.39 is 0 Å². The number of rotatable bonds is 2. The molecule has 0 saturated carbocycles. The summed E-state index contributed by atoms with van der Waals surface area (Å²) in [5.74, 6) is 0. The Morgan fingerprint density at radius 2 is 1.00 bits per heavy atom. The van der Waals surface area contributed by atoms with Gasteiger partial charge < -0.3 is 4.90 Å². The summed E-state index contributed by atoms with van der Waals surface area (Å²) in [6, 6.07) is 44.4. The molecule has 7 rings (SSSR count). The predicted octanol–water partition coefficient (Wildman–Crippen LogP) is 8.95. The summed E-state index contributed by atoms with van der Waals surface area (Å²) in [7, 11) is 0. The lowest BCUT2D eigenvalue weighted by Gasteiger charge is -2.49. The van der Waals surface area contributed by atoms with E-state index in [1.54, 1.807) is 0 Å². The van der Waals surface area contributed by atoms with Gasteiger partial charge in [0, 0.05) is 32.2 Å². The molecule has 0 bridgehead atoms. The SMILES string of the molecule is Brc1ccccc1CN1c2ccccc2C2(c3ccccc3Sc3ccccc32)c2ccccc21. The lowest BCUT2D eigenvalue weighted by atomic mass is 9.62. The van der Waals surface area contributed by atoms with Gasteiger partial charge in [-0.25, -0.2) is 0 Å². The van der Waals surface area contributed by atoms with Gasteiger partial charge in [0.25, 0.3) is 0 Å². The van der Waals surface area contributed by atoms with E-state index in [2.05, 4.69) is 142 Å². The number of anilines is 2. The Kier molecular flexibility index (Phi) is 4.90. The molecular formula is C32H22BrNS. The molecule has 3 heteroatoms. The van der Waals surface area contributed by atoms with Gasteiger partial charge >= 0.3 is 0 Å². The molecule has 0 amide bonds. The second-order valence-electron chi connectivity index (χ2n) is 9.06. The van der Waals surface area contributed by atoms with E-state index in [9.17, 15) is 0 Å². The van der Waals surface area contributed by atoms with Crippen LogP contribution in [-0.2, 0) is 12.0 Å². The van der Waals surface area contributed by atoms with Crippen molar-refractivity contribution in [1.82, 2.24) is 0 Å². The maximum Gasteiger partial charge on any atom is 0.0763 e. The van der Waals surface area contributed by atoms with Gasteiger partial charge in [-0.3, -0.25) is 0 Å². The average molecular weight is 533 g/mol. The lowest BCUT2D eigenvalue weighted by Crippen LogP contribution is -2.40. The molecule has 0 atom stereocenters. The molecule has 0 unspecified atom stereocenters. The molecule has 2 aliphatic rings. The molecule has 2 heterocycles. The maximum atomic E-state index is 3.79. The van der Waals surface area contributed by atoms with Gasteiger partial charge in [0.05, 0.1) is 5.41 Å². The molecule has 168 valence electrons. The zero-order valence-electron chi connectivity index (χ0n) is 19.0. The monoisotopic (exact) mass is 531 g/mol. The molecule has 0 N–H and O–H groups in total. The van der Waals surface area contributed by atoms with Gasteiger partial charge in [0.1, 0.15) is 0 Å². The quantitative estimate of drug-likeness (QED) is 0.219. The summed E-state index contributed by atoms with van der Waals surface area (Å²) in [6.45, 7) is 0.795. The minimum absolute atomic E-state index is 0.365. The minimum Gasteiger partial charge on any atom is -0.336 e. The fourth-order valence-corrected chi connectivity index (χ4v) is 7.47. The topological polar surface area (TPSA) is 3.24 Å². The molecule has 0 saturated heterocycles. The smallest absolute Gasteiger partial charge is 0.0763 e. The fourth-order valence-electron chi connectivity index (χ4n) is 5.87. The highest BCUT2D eigenvalue weighted by atomic mass is 79.9. The summed E-state index contributed by atoms with van der Waals surface area (Å²) in [5.41, 5.74) is 8.84. The number of hydrogen-bond donors (Lipinski definition) is 0. The molecule has 1 spiro atoms. The molecule has 0 radical (unpaired) electrons. The molecule has 0 aromatic heterocycles. The summed E-state index contributed by atoms with van der Waals surface area (Å²) in [6.07, 6.45) is 0. The van der Waals surface area contributed by atoms with Crippen LogP contribution in [0.5, 0.6) is 0 Å². The van der Waals surface area contributed by atoms with Crippen LogP contribution in [0.15, 0.2) is 136 Å². The van der Waals surface area contributed by atoms with Gasteiger partial charge in [0.15, 0.2) is 0 Å². The lowest BCUT2D eigenvalue weighted by molar-refractivity contribution is 0.681. The summed E-state index contributed by atoms with van der Waals surface area (Å²) >= 11 is 5.67. The minimum atomic E-state index is -0.365. The highest BCUT2D eigenvalue weighted by Crippen LogP contribution is 2.61. The van der Waals surface area contributed by atoms with Gasteiger partial charge in [0.2, 0.25) is 0 Å². The van der Waals surface area contributed by atoms with E-state index in [1.165, 1.54) is 49.0 Å². The Morgan fingerprint density at radius 1 is 0.543 bits per heavy atom. The second kappa shape index (κ2) is 8.15. The van der Waals surface area contributed by atoms with Gasteiger partial charge in [-0.05, 0) is 58.1 Å². The standard InChI is InChI=1S/C32H22BrNS/c33-27-16-6-1-11-22(27)21-34-28-17-7-2-12-23(28)32(24-13-3-8-18-29(24)34)25-14-4-9-19-30(25)35-31-20-10-5-15-26(31)32/h1-20H,21H2. The van der Waals surface area contributed by atoms with Crippen LogP contribution in [0.3, 0.4) is 0 Å². The van der Waals surface area contributed by atoms with Crippen molar-refractivity contribution in [2.45, 2.75) is 21.8 Å². The van der Waals surface area contributed by atoms with Crippen LogP contribution in [-0.4, -0.2) is 0 Å². The number of hydrogen-bond acceptors (Lipinski definition) is 2. The molecule has 1 nitrogen and oxygen atoms in total. The van der Waals surface area contributed by atoms with E-state index in [1.807, 2.05) is 11.8 Å². The number of nitrogens with zero attached hydrogens (tertiary/aromatic N) is 1. The van der Waals surface area contributed by atoms with Crippen molar-refractivity contribution in [1.29, 1.82) is 0 Å². The third-order valence-corrected chi connectivity index (χ3v) is 9.21. The van der Waals surface area contributed by atoms with Crippen molar-refractivity contribution >= 4 is 39.1 Å².